The summed E-state index contributed by atoms with van der Waals surface area (Å²) >= 11 is 0. The van der Waals surface area contributed by atoms with Crippen LogP contribution in [0, 0.1) is 12.8 Å². The fraction of sp³-hybridized carbons (Fsp3) is 0.538. The molecule has 0 aliphatic carbocycles. The Kier molecular flexibility index (Phi) is 3.61. The van der Waals surface area contributed by atoms with Crippen LogP contribution in [0.1, 0.15) is 26.3 Å². The van der Waals surface area contributed by atoms with Gasteiger partial charge in [-0.3, -0.25) is 0 Å². The second kappa shape index (κ2) is 4.56. The normalized spacial score (nSPS) is 12.9. The van der Waals surface area contributed by atoms with Gasteiger partial charge in [0.1, 0.15) is 0 Å². The van der Waals surface area contributed by atoms with Crippen LogP contribution in [0.15, 0.2) is 18.2 Å². The molecule has 1 aromatic carbocycles. The van der Waals surface area contributed by atoms with E-state index in [4.69, 9.17) is 5.73 Å². The Bertz CT molecular complexity index is 331. The van der Waals surface area contributed by atoms with Crippen LogP contribution in [0.25, 0.3) is 0 Å². The molecule has 0 saturated heterocycles. The van der Waals surface area contributed by atoms with Gasteiger partial charge in [0.25, 0.3) is 0 Å². The molecule has 0 aromatic heterocycles. The minimum atomic E-state index is 0.495. The number of rotatable bonds is 3. The first-order valence-electron chi connectivity index (χ1n) is 5.53. The molecule has 0 saturated carbocycles. The molecule has 0 aliphatic rings. The third kappa shape index (κ3) is 2.44. The van der Waals surface area contributed by atoms with Crippen molar-refractivity contribution in [2.75, 3.05) is 17.7 Å². The zero-order chi connectivity index (χ0) is 11.6. The Labute approximate surface area is 93.1 Å². The van der Waals surface area contributed by atoms with Crippen LogP contribution in [0.2, 0.25) is 0 Å². The maximum Gasteiger partial charge on any atom is 0.0602 e. The second-order valence-electron chi connectivity index (χ2n) is 4.60. The van der Waals surface area contributed by atoms with Crippen molar-refractivity contribution in [1.82, 2.24) is 0 Å². The molecule has 0 spiro atoms. The molecule has 1 atom stereocenters. The average Bonchev–Trinajstić information content (AvgIpc) is 2.20. The van der Waals surface area contributed by atoms with Gasteiger partial charge in [0.15, 0.2) is 0 Å². The van der Waals surface area contributed by atoms with Gasteiger partial charge in [-0.25, -0.2) is 0 Å². The van der Waals surface area contributed by atoms with Gasteiger partial charge in [-0.05, 0) is 31.4 Å². The molecule has 84 valence electrons. The topological polar surface area (TPSA) is 29.3 Å². The molecule has 0 amide bonds. The van der Waals surface area contributed by atoms with Crippen molar-refractivity contribution >= 4 is 11.4 Å². The van der Waals surface area contributed by atoms with E-state index in [1.165, 1.54) is 0 Å². The fourth-order valence-electron chi connectivity index (χ4n) is 1.64. The van der Waals surface area contributed by atoms with E-state index in [0.717, 1.165) is 16.9 Å². The van der Waals surface area contributed by atoms with Crippen molar-refractivity contribution in [3.8, 4) is 0 Å². The lowest BCUT2D eigenvalue weighted by molar-refractivity contribution is 0.506. The van der Waals surface area contributed by atoms with Gasteiger partial charge in [0.2, 0.25) is 0 Å². The summed E-state index contributed by atoms with van der Waals surface area (Å²) in [7, 11) is 2.11. The molecule has 1 rings (SSSR count). The van der Waals surface area contributed by atoms with Crippen molar-refractivity contribution < 1.29 is 0 Å². The van der Waals surface area contributed by atoms with E-state index >= 15 is 0 Å². The summed E-state index contributed by atoms with van der Waals surface area (Å²) in [6, 6.07) is 6.69. The Morgan fingerprint density at radius 2 is 1.80 bits per heavy atom. The number of hydrogen-bond donors (Lipinski definition) is 1. The minimum absolute atomic E-state index is 0.495. The predicted molar refractivity (Wildman–Crippen MR) is 68.3 cm³/mol. The highest BCUT2D eigenvalue weighted by atomic mass is 15.1. The van der Waals surface area contributed by atoms with E-state index in [0.29, 0.717) is 12.0 Å². The van der Waals surface area contributed by atoms with Crippen LogP contribution >= 0.6 is 0 Å². The number of nitrogens with two attached hydrogens (primary N) is 1. The third-order valence-corrected chi connectivity index (χ3v) is 3.26. The van der Waals surface area contributed by atoms with E-state index < -0.39 is 0 Å². The third-order valence-electron chi connectivity index (χ3n) is 3.26. The first kappa shape index (κ1) is 11.9. The van der Waals surface area contributed by atoms with Crippen LogP contribution in [0.5, 0.6) is 0 Å². The van der Waals surface area contributed by atoms with E-state index in [1.54, 1.807) is 0 Å². The molecule has 0 aliphatic heterocycles. The van der Waals surface area contributed by atoms with Gasteiger partial charge >= 0.3 is 0 Å². The van der Waals surface area contributed by atoms with E-state index in [1.807, 2.05) is 13.0 Å². The maximum atomic E-state index is 6.08. The molecule has 0 bridgehead atoms. The number of nitrogens with zero attached hydrogens (tertiary/aromatic N) is 1. The zero-order valence-corrected chi connectivity index (χ0v) is 10.4. The number of para-hydroxylation sites is 1. The molecule has 0 radical (unpaired) electrons. The van der Waals surface area contributed by atoms with Gasteiger partial charge in [0, 0.05) is 13.1 Å². The van der Waals surface area contributed by atoms with Crippen LogP contribution in [0.4, 0.5) is 11.4 Å². The van der Waals surface area contributed by atoms with Crippen LogP contribution in [0.3, 0.4) is 0 Å². The number of hydrogen-bond acceptors (Lipinski definition) is 2. The summed E-state index contributed by atoms with van der Waals surface area (Å²) in [5.74, 6) is 0.620. The molecule has 2 nitrogen and oxygen atoms in total. The first-order chi connectivity index (χ1) is 6.95. The van der Waals surface area contributed by atoms with Crippen LogP contribution in [-0.2, 0) is 0 Å². The van der Waals surface area contributed by atoms with Gasteiger partial charge in [-0.2, -0.15) is 0 Å². The molecular formula is C13H22N2. The predicted octanol–water partition coefficient (Wildman–Crippen LogP) is 3.06. The monoisotopic (exact) mass is 206 g/mol. The van der Waals surface area contributed by atoms with Crippen molar-refractivity contribution in [3.05, 3.63) is 23.8 Å². The summed E-state index contributed by atoms with van der Waals surface area (Å²) in [4.78, 5) is 2.26. The van der Waals surface area contributed by atoms with Gasteiger partial charge in [-0.15, -0.1) is 0 Å². The van der Waals surface area contributed by atoms with Crippen molar-refractivity contribution in [2.45, 2.75) is 33.7 Å². The summed E-state index contributed by atoms with van der Waals surface area (Å²) in [6.07, 6.45) is 0. The van der Waals surface area contributed by atoms with Gasteiger partial charge in [-0.1, -0.05) is 26.0 Å². The van der Waals surface area contributed by atoms with Gasteiger partial charge in [0.05, 0.1) is 11.4 Å². The quantitative estimate of drug-likeness (QED) is 0.770. The smallest absolute Gasteiger partial charge is 0.0602 e. The highest BCUT2D eigenvalue weighted by Gasteiger charge is 2.15. The highest BCUT2D eigenvalue weighted by Crippen LogP contribution is 2.27. The molecule has 0 fully saturated rings. The standard InChI is InChI=1S/C13H22N2/c1-9(2)11(4)15(5)12-8-6-7-10(3)13(12)14/h6-9,11H,14H2,1-5H3. The van der Waals surface area contributed by atoms with Gasteiger partial charge < -0.3 is 10.6 Å². The Morgan fingerprint density at radius 3 is 2.33 bits per heavy atom. The fourth-order valence-corrected chi connectivity index (χ4v) is 1.64. The van der Waals surface area contributed by atoms with Crippen molar-refractivity contribution in [1.29, 1.82) is 0 Å². The Balaban J connectivity index is 3.01. The molecule has 2 N–H and O–H groups in total. The number of aryl methyl sites for hydroxylation is 1. The average molecular weight is 206 g/mol. The van der Waals surface area contributed by atoms with Crippen LogP contribution in [-0.4, -0.2) is 13.1 Å². The van der Waals surface area contributed by atoms with Crippen molar-refractivity contribution in [3.63, 3.8) is 0 Å². The molecular weight excluding hydrogens is 184 g/mol. The summed E-state index contributed by atoms with van der Waals surface area (Å²) in [5.41, 5.74) is 9.26. The minimum Gasteiger partial charge on any atom is -0.397 e. The second-order valence-corrected chi connectivity index (χ2v) is 4.60. The summed E-state index contributed by atoms with van der Waals surface area (Å²) in [6.45, 7) is 8.74. The molecule has 15 heavy (non-hydrogen) atoms. The number of nitrogen functional groups attached to an aromatic ring is 1. The summed E-state index contributed by atoms with van der Waals surface area (Å²) < 4.78 is 0. The molecule has 0 heterocycles. The lowest BCUT2D eigenvalue weighted by Gasteiger charge is -2.31. The van der Waals surface area contributed by atoms with E-state index in [2.05, 4.69) is 44.9 Å². The highest BCUT2D eigenvalue weighted by molar-refractivity contribution is 5.70. The number of benzene rings is 1. The maximum absolute atomic E-state index is 6.08. The Hall–Kier alpha value is -1.18. The molecule has 2 heteroatoms. The van der Waals surface area contributed by atoms with E-state index in [9.17, 15) is 0 Å². The lowest BCUT2D eigenvalue weighted by atomic mass is 10.0. The lowest BCUT2D eigenvalue weighted by Crippen LogP contribution is -2.33. The largest absolute Gasteiger partial charge is 0.397 e. The first-order valence-corrected chi connectivity index (χ1v) is 5.53. The summed E-state index contributed by atoms with van der Waals surface area (Å²) in [5, 5.41) is 0. The number of anilines is 2. The molecule has 1 aromatic rings. The molecule has 1 unspecified atom stereocenters. The Morgan fingerprint density at radius 1 is 1.20 bits per heavy atom. The van der Waals surface area contributed by atoms with E-state index in [-0.39, 0.29) is 0 Å². The SMILES string of the molecule is Cc1cccc(N(C)C(C)C(C)C)c1N. The zero-order valence-electron chi connectivity index (χ0n) is 10.4. The van der Waals surface area contributed by atoms with Crippen LogP contribution < -0.4 is 10.6 Å². The van der Waals surface area contributed by atoms with Crippen molar-refractivity contribution in [2.24, 2.45) is 5.92 Å².